The van der Waals surface area contributed by atoms with Crippen molar-refractivity contribution in [1.29, 1.82) is 0 Å². The highest BCUT2D eigenvalue weighted by Gasteiger charge is 2.11. The van der Waals surface area contributed by atoms with Gasteiger partial charge in [-0.25, -0.2) is 14.8 Å². The number of anilines is 1. The topological polar surface area (TPSA) is 105 Å². The molecule has 0 spiro atoms. The van der Waals surface area contributed by atoms with Crippen LogP contribution in [0.2, 0.25) is 0 Å². The van der Waals surface area contributed by atoms with Crippen LogP contribution in [0.1, 0.15) is 6.42 Å². The summed E-state index contributed by atoms with van der Waals surface area (Å²) in [6.45, 7) is 0.114. The lowest BCUT2D eigenvalue weighted by Gasteiger charge is -2.16. The Balaban J connectivity index is 2.55. The fourth-order valence-electron chi connectivity index (χ4n) is 1.09. The van der Waals surface area contributed by atoms with E-state index in [9.17, 15) is 9.59 Å². The molecule has 8 heteroatoms. The number of ether oxygens (including phenoxy) is 1. The molecule has 0 saturated carbocycles. The Morgan fingerprint density at radius 1 is 1.50 bits per heavy atom. The first kappa shape index (κ1) is 13.7. The highest BCUT2D eigenvalue weighted by Crippen LogP contribution is 2.10. The van der Waals surface area contributed by atoms with Gasteiger partial charge in [-0.3, -0.25) is 10.1 Å². The van der Waals surface area contributed by atoms with Crippen LogP contribution in [0.25, 0.3) is 0 Å². The molecule has 1 aromatic heterocycles. The first-order valence-electron chi connectivity index (χ1n) is 5.13. The van der Waals surface area contributed by atoms with Crippen LogP contribution in [0.4, 0.5) is 10.6 Å². The van der Waals surface area contributed by atoms with Gasteiger partial charge in [0.25, 0.3) is 0 Å². The molecule has 0 aliphatic carbocycles. The lowest BCUT2D eigenvalue weighted by atomic mass is 10.4. The molecule has 1 rings (SSSR count). The molecule has 1 aromatic rings. The van der Waals surface area contributed by atoms with Crippen LogP contribution in [0.15, 0.2) is 12.4 Å². The number of rotatable bonds is 5. The van der Waals surface area contributed by atoms with E-state index in [1.165, 1.54) is 31.5 Å². The molecule has 2 amide bonds. The zero-order valence-corrected chi connectivity index (χ0v) is 10.1. The third-order valence-electron chi connectivity index (χ3n) is 2.09. The van der Waals surface area contributed by atoms with Crippen molar-refractivity contribution in [2.75, 3.05) is 26.0 Å². The number of aliphatic carboxylic acids is 1. The van der Waals surface area contributed by atoms with Gasteiger partial charge < -0.3 is 14.7 Å². The van der Waals surface area contributed by atoms with Gasteiger partial charge in [0.2, 0.25) is 5.88 Å². The van der Waals surface area contributed by atoms with Gasteiger partial charge in [-0.1, -0.05) is 0 Å². The van der Waals surface area contributed by atoms with Crippen LogP contribution >= 0.6 is 0 Å². The quantitative estimate of drug-likeness (QED) is 0.789. The Hall–Kier alpha value is -2.38. The van der Waals surface area contributed by atoms with Crippen LogP contribution in [-0.4, -0.2) is 52.7 Å². The second kappa shape index (κ2) is 6.38. The van der Waals surface area contributed by atoms with Crippen molar-refractivity contribution in [2.45, 2.75) is 6.42 Å². The van der Waals surface area contributed by atoms with Crippen molar-refractivity contribution in [3.63, 3.8) is 0 Å². The summed E-state index contributed by atoms with van der Waals surface area (Å²) < 4.78 is 4.88. The van der Waals surface area contributed by atoms with Gasteiger partial charge in [0.05, 0.1) is 13.5 Å². The van der Waals surface area contributed by atoms with Gasteiger partial charge in [0.1, 0.15) is 12.1 Å². The van der Waals surface area contributed by atoms with E-state index in [0.29, 0.717) is 5.88 Å². The number of hydrogen-bond donors (Lipinski definition) is 2. The molecule has 0 aliphatic heterocycles. The number of nitrogens with one attached hydrogen (secondary N) is 1. The minimum atomic E-state index is -0.960. The summed E-state index contributed by atoms with van der Waals surface area (Å²) in [4.78, 5) is 30.9. The Bertz CT molecular complexity index is 438. The highest BCUT2D eigenvalue weighted by molar-refractivity contribution is 5.88. The number of carboxylic acids is 1. The molecule has 1 heterocycles. The summed E-state index contributed by atoms with van der Waals surface area (Å²) in [5.74, 6) is -0.346. The van der Waals surface area contributed by atoms with Gasteiger partial charge in [-0.2, -0.15) is 0 Å². The number of carboxylic acid groups (broad SMARTS) is 1. The van der Waals surface area contributed by atoms with Gasteiger partial charge in [0.15, 0.2) is 0 Å². The van der Waals surface area contributed by atoms with E-state index in [1.54, 1.807) is 0 Å². The van der Waals surface area contributed by atoms with Crippen molar-refractivity contribution in [3.05, 3.63) is 12.4 Å². The number of hydrogen-bond acceptors (Lipinski definition) is 5. The number of urea groups is 1. The molecule has 8 nitrogen and oxygen atoms in total. The molecule has 18 heavy (non-hydrogen) atoms. The van der Waals surface area contributed by atoms with E-state index in [-0.39, 0.29) is 18.8 Å². The SMILES string of the molecule is COc1cc(NC(=O)N(C)CCC(=O)O)ncn1. The molecule has 0 fully saturated rings. The third-order valence-corrected chi connectivity index (χ3v) is 2.09. The molecule has 0 saturated heterocycles. The molecule has 0 unspecified atom stereocenters. The van der Waals surface area contributed by atoms with Crippen molar-refractivity contribution in [3.8, 4) is 5.88 Å². The smallest absolute Gasteiger partial charge is 0.322 e. The first-order valence-corrected chi connectivity index (χ1v) is 5.13. The maximum atomic E-state index is 11.6. The number of carbonyl (C=O) groups is 2. The molecule has 0 aromatic carbocycles. The highest BCUT2D eigenvalue weighted by atomic mass is 16.5. The third kappa shape index (κ3) is 4.24. The Morgan fingerprint density at radius 2 is 2.22 bits per heavy atom. The molecule has 0 bridgehead atoms. The van der Waals surface area contributed by atoms with E-state index in [2.05, 4.69) is 15.3 Å². The molecular weight excluding hydrogens is 240 g/mol. The van der Waals surface area contributed by atoms with E-state index in [4.69, 9.17) is 9.84 Å². The summed E-state index contributed by atoms with van der Waals surface area (Å²) in [6.07, 6.45) is 1.14. The predicted octanol–water partition coefficient (Wildman–Crippen LogP) is 0.424. The van der Waals surface area contributed by atoms with Crippen molar-refractivity contribution < 1.29 is 19.4 Å². The number of carbonyl (C=O) groups excluding carboxylic acids is 1. The van der Waals surface area contributed by atoms with Crippen molar-refractivity contribution in [1.82, 2.24) is 14.9 Å². The standard InChI is InChI=1S/C10H14N4O4/c1-14(4-3-9(15)16)10(17)13-7-5-8(18-2)12-6-11-7/h5-6H,3-4H2,1-2H3,(H,15,16)(H,11,12,13,17). The fraction of sp³-hybridized carbons (Fsp3) is 0.400. The summed E-state index contributed by atoms with van der Waals surface area (Å²) in [7, 11) is 2.95. The number of methoxy groups -OCH3 is 1. The Labute approximate surface area is 104 Å². The van der Waals surface area contributed by atoms with E-state index in [0.717, 1.165) is 0 Å². The normalized spacial score (nSPS) is 9.67. The molecule has 98 valence electrons. The second-order valence-corrected chi connectivity index (χ2v) is 3.44. The average molecular weight is 254 g/mol. The minimum absolute atomic E-state index is 0.114. The summed E-state index contributed by atoms with van der Waals surface area (Å²) in [5, 5.41) is 11.0. The first-order chi connectivity index (χ1) is 8.52. The minimum Gasteiger partial charge on any atom is -0.481 e. The predicted molar refractivity (Wildman–Crippen MR) is 62.5 cm³/mol. The summed E-state index contributed by atoms with van der Waals surface area (Å²) in [5.41, 5.74) is 0. The maximum absolute atomic E-state index is 11.6. The van der Waals surface area contributed by atoms with Crippen molar-refractivity contribution in [2.24, 2.45) is 0 Å². The average Bonchev–Trinajstić information content (AvgIpc) is 2.36. The van der Waals surface area contributed by atoms with Gasteiger partial charge >= 0.3 is 12.0 Å². The number of aromatic nitrogens is 2. The molecular formula is C10H14N4O4. The van der Waals surface area contributed by atoms with Crippen LogP contribution < -0.4 is 10.1 Å². The molecule has 0 aliphatic rings. The molecule has 2 N–H and O–H groups in total. The monoisotopic (exact) mass is 254 g/mol. The van der Waals surface area contributed by atoms with E-state index < -0.39 is 12.0 Å². The zero-order valence-electron chi connectivity index (χ0n) is 10.1. The van der Waals surface area contributed by atoms with Gasteiger partial charge in [-0.15, -0.1) is 0 Å². The largest absolute Gasteiger partial charge is 0.481 e. The van der Waals surface area contributed by atoms with Crippen LogP contribution in [0.3, 0.4) is 0 Å². The number of amides is 2. The maximum Gasteiger partial charge on any atom is 0.322 e. The molecule has 0 atom stereocenters. The fourth-order valence-corrected chi connectivity index (χ4v) is 1.09. The Kier molecular flexibility index (Phi) is 4.85. The van der Waals surface area contributed by atoms with Crippen LogP contribution in [-0.2, 0) is 4.79 Å². The van der Waals surface area contributed by atoms with Gasteiger partial charge in [0, 0.05) is 19.7 Å². The summed E-state index contributed by atoms with van der Waals surface area (Å²) >= 11 is 0. The van der Waals surface area contributed by atoms with Crippen molar-refractivity contribution >= 4 is 17.8 Å². The number of nitrogens with zero attached hydrogens (tertiary/aromatic N) is 3. The van der Waals surface area contributed by atoms with Crippen LogP contribution in [0.5, 0.6) is 5.88 Å². The van der Waals surface area contributed by atoms with E-state index in [1.807, 2.05) is 0 Å². The Morgan fingerprint density at radius 3 is 2.83 bits per heavy atom. The zero-order chi connectivity index (χ0) is 13.5. The lowest BCUT2D eigenvalue weighted by Crippen LogP contribution is -2.33. The van der Waals surface area contributed by atoms with E-state index >= 15 is 0 Å². The molecule has 0 radical (unpaired) electrons. The van der Waals surface area contributed by atoms with Crippen LogP contribution in [0, 0.1) is 0 Å². The second-order valence-electron chi connectivity index (χ2n) is 3.44. The lowest BCUT2D eigenvalue weighted by molar-refractivity contribution is -0.137. The summed E-state index contributed by atoms with van der Waals surface area (Å²) in [6, 6.07) is 1.01. The van der Waals surface area contributed by atoms with Gasteiger partial charge in [-0.05, 0) is 0 Å².